The summed E-state index contributed by atoms with van der Waals surface area (Å²) >= 11 is 1.42. The van der Waals surface area contributed by atoms with Crippen LogP contribution in [0, 0.1) is 5.92 Å². The molecule has 0 saturated carbocycles. The molecule has 0 radical (unpaired) electrons. The minimum atomic E-state index is -2.90. The Morgan fingerprint density at radius 3 is 2.71 bits per heavy atom. The van der Waals surface area contributed by atoms with Gasteiger partial charge >= 0.3 is 5.97 Å². The normalized spacial score (nSPS) is 28.3. The number of carbonyl (C=O) groups excluding carboxylic acids is 2. The highest BCUT2D eigenvalue weighted by Crippen LogP contribution is 2.25. The molecule has 0 aromatic carbocycles. The third-order valence-corrected chi connectivity index (χ3v) is 7.21. The van der Waals surface area contributed by atoms with Crippen LogP contribution in [0.25, 0.3) is 0 Å². The van der Waals surface area contributed by atoms with E-state index in [2.05, 4.69) is 0 Å². The van der Waals surface area contributed by atoms with E-state index in [-0.39, 0.29) is 40.3 Å². The van der Waals surface area contributed by atoms with Crippen molar-refractivity contribution in [1.29, 1.82) is 0 Å². The van der Waals surface area contributed by atoms with E-state index >= 15 is 0 Å². The van der Waals surface area contributed by atoms with Crippen molar-refractivity contribution < 1.29 is 22.7 Å². The van der Waals surface area contributed by atoms with Crippen LogP contribution >= 0.6 is 11.8 Å². The first-order valence-corrected chi connectivity index (χ1v) is 9.96. The molecular weight excluding hydrogens is 314 g/mol. The third kappa shape index (κ3) is 4.60. The number of esters is 1. The van der Waals surface area contributed by atoms with E-state index in [1.54, 1.807) is 4.90 Å². The minimum absolute atomic E-state index is 0.0158. The summed E-state index contributed by atoms with van der Waals surface area (Å²) in [5.41, 5.74) is 0. The zero-order valence-electron chi connectivity index (χ0n) is 12.1. The lowest BCUT2D eigenvalue weighted by Crippen LogP contribution is -2.43. The Morgan fingerprint density at radius 1 is 1.33 bits per heavy atom. The molecule has 6 nitrogen and oxygen atoms in total. The average molecular weight is 335 g/mol. The van der Waals surface area contributed by atoms with Gasteiger partial charge in [0.25, 0.3) is 0 Å². The van der Waals surface area contributed by atoms with Gasteiger partial charge in [-0.15, -0.1) is 11.8 Å². The molecule has 8 heteroatoms. The van der Waals surface area contributed by atoms with Crippen molar-refractivity contribution in [2.75, 3.05) is 37.5 Å². The van der Waals surface area contributed by atoms with Crippen LogP contribution in [0.15, 0.2) is 0 Å². The van der Waals surface area contributed by atoms with Crippen LogP contribution < -0.4 is 0 Å². The molecule has 0 N–H and O–H groups in total. The van der Waals surface area contributed by atoms with Crippen molar-refractivity contribution in [2.24, 2.45) is 5.92 Å². The number of thioether (sulfide) groups is 1. The molecule has 2 saturated heterocycles. The molecule has 0 spiro atoms. The highest BCUT2D eigenvalue weighted by atomic mass is 32.2. The number of amides is 1. The van der Waals surface area contributed by atoms with E-state index in [0.717, 1.165) is 12.8 Å². The Labute approximate surface area is 129 Å². The maximum Gasteiger partial charge on any atom is 0.310 e. The van der Waals surface area contributed by atoms with Gasteiger partial charge in [0.05, 0.1) is 30.3 Å². The largest absolute Gasteiger partial charge is 0.469 e. The zero-order chi connectivity index (χ0) is 15.5. The van der Waals surface area contributed by atoms with E-state index in [1.165, 1.54) is 18.9 Å². The third-order valence-electron chi connectivity index (χ3n) is 3.94. The number of piperidine rings is 1. The van der Waals surface area contributed by atoms with Crippen molar-refractivity contribution in [1.82, 2.24) is 4.90 Å². The first kappa shape index (κ1) is 16.6. The van der Waals surface area contributed by atoms with E-state index in [4.69, 9.17) is 4.74 Å². The van der Waals surface area contributed by atoms with Gasteiger partial charge in [-0.1, -0.05) is 0 Å². The summed E-state index contributed by atoms with van der Waals surface area (Å²) < 4.78 is 27.5. The first-order valence-electron chi connectivity index (χ1n) is 7.09. The Hall–Kier alpha value is -0.760. The van der Waals surface area contributed by atoms with Gasteiger partial charge in [-0.25, -0.2) is 8.42 Å². The van der Waals surface area contributed by atoms with Gasteiger partial charge in [0.1, 0.15) is 0 Å². The molecule has 0 aromatic rings. The van der Waals surface area contributed by atoms with Crippen LogP contribution in [0.4, 0.5) is 0 Å². The second-order valence-corrected chi connectivity index (χ2v) is 9.06. The Morgan fingerprint density at radius 2 is 2.10 bits per heavy atom. The van der Waals surface area contributed by atoms with E-state index in [0.29, 0.717) is 19.5 Å². The molecule has 2 heterocycles. The summed E-state index contributed by atoms with van der Waals surface area (Å²) in [4.78, 5) is 25.4. The summed E-state index contributed by atoms with van der Waals surface area (Å²) in [6.07, 6.45) is 2.18. The highest BCUT2D eigenvalue weighted by molar-refractivity contribution is 8.02. The van der Waals surface area contributed by atoms with Gasteiger partial charge < -0.3 is 9.64 Å². The number of nitrogens with zero attached hydrogens (tertiary/aromatic N) is 1. The number of rotatable bonds is 4. The lowest BCUT2D eigenvalue weighted by Gasteiger charge is -2.31. The van der Waals surface area contributed by atoms with Gasteiger partial charge in [-0.2, -0.15) is 0 Å². The SMILES string of the molecule is COC(=O)[C@H]1CCCN(C(=O)CSC2CCS(=O)(=O)C2)C1. The molecule has 0 bridgehead atoms. The quantitative estimate of drug-likeness (QED) is 0.688. The fourth-order valence-electron chi connectivity index (χ4n) is 2.74. The van der Waals surface area contributed by atoms with Gasteiger partial charge in [0.15, 0.2) is 9.84 Å². The van der Waals surface area contributed by atoms with Gasteiger partial charge in [-0.05, 0) is 19.3 Å². The van der Waals surface area contributed by atoms with Crippen LogP contribution in [0.2, 0.25) is 0 Å². The standard InChI is InChI=1S/C13H21NO5S2/c1-19-13(16)10-3-2-5-14(7-10)12(15)8-20-11-4-6-21(17,18)9-11/h10-11H,2-9H2,1H3/t10-,11?/m0/s1. The number of hydrogen-bond acceptors (Lipinski definition) is 6. The zero-order valence-corrected chi connectivity index (χ0v) is 13.7. The fourth-order valence-corrected chi connectivity index (χ4v) is 6.28. The van der Waals surface area contributed by atoms with Gasteiger partial charge in [0, 0.05) is 18.3 Å². The highest BCUT2D eigenvalue weighted by Gasteiger charge is 2.31. The molecule has 2 rings (SSSR count). The second-order valence-electron chi connectivity index (χ2n) is 5.54. The van der Waals surface area contributed by atoms with E-state index in [9.17, 15) is 18.0 Å². The number of likely N-dealkylation sites (tertiary alicyclic amines) is 1. The van der Waals surface area contributed by atoms with Crippen LogP contribution in [0.1, 0.15) is 19.3 Å². The van der Waals surface area contributed by atoms with Crippen molar-refractivity contribution in [2.45, 2.75) is 24.5 Å². The number of hydrogen-bond donors (Lipinski definition) is 0. The minimum Gasteiger partial charge on any atom is -0.469 e. The second kappa shape index (κ2) is 7.00. The Kier molecular flexibility index (Phi) is 5.54. The summed E-state index contributed by atoms with van der Waals surface area (Å²) in [6, 6.07) is 0. The predicted molar refractivity (Wildman–Crippen MR) is 80.8 cm³/mol. The van der Waals surface area contributed by atoms with Crippen molar-refractivity contribution in [3.05, 3.63) is 0 Å². The van der Waals surface area contributed by atoms with E-state index in [1.807, 2.05) is 0 Å². The number of carbonyl (C=O) groups is 2. The van der Waals surface area contributed by atoms with Gasteiger partial charge in [-0.3, -0.25) is 9.59 Å². The Bertz CT molecular complexity index is 505. The van der Waals surface area contributed by atoms with Crippen molar-refractivity contribution in [3.63, 3.8) is 0 Å². The molecule has 2 aliphatic rings. The molecular formula is C13H21NO5S2. The fraction of sp³-hybridized carbons (Fsp3) is 0.846. The lowest BCUT2D eigenvalue weighted by atomic mass is 9.98. The average Bonchev–Trinajstić information content (AvgIpc) is 2.83. The van der Waals surface area contributed by atoms with Crippen LogP contribution in [0.5, 0.6) is 0 Å². The van der Waals surface area contributed by atoms with Crippen LogP contribution in [0.3, 0.4) is 0 Å². The number of sulfone groups is 1. The smallest absolute Gasteiger partial charge is 0.310 e. The molecule has 21 heavy (non-hydrogen) atoms. The summed E-state index contributed by atoms with van der Waals surface area (Å²) in [5, 5.41) is 0.0279. The number of ether oxygens (including phenoxy) is 1. The molecule has 2 fully saturated rings. The van der Waals surface area contributed by atoms with Crippen LogP contribution in [-0.2, 0) is 24.2 Å². The summed E-state index contributed by atoms with van der Waals surface area (Å²) in [7, 11) is -1.54. The molecule has 2 atom stereocenters. The molecule has 0 aromatic heterocycles. The summed E-state index contributed by atoms with van der Waals surface area (Å²) in [5.74, 6) is 0.182. The van der Waals surface area contributed by atoms with E-state index < -0.39 is 9.84 Å². The first-order chi connectivity index (χ1) is 9.91. The maximum atomic E-state index is 12.2. The molecule has 1 unspecified atom stereocenters. The van der Waals surface area contributed by atoms with Gasteiger partial charge in [0.2, 0.25) is 5.91 Å². The lowest BCUT2D eigenvalue weighted by molar-refractivity contribution is -0.148. The topological polar surface area (TPSA) is 80.8 Å². The molecule has 120 valence electrons. The van der Waals surface area contributed by atoms with Crippen LogP contribution in [-0.4, -0.2) is 67.9 Å². The molecule has 2 aliphatic heterocycles. The summed E-state index contributed by atoms with van der Waals surface area (Å²) in [6.45, 7) is 1.07. The molecule has 1 amide bonds. The Balaban J connectivity index is 1.79. The van der Waals surface area contributed by atoms with Crippen molar-refractivity contribution >= 4 is 33.5 Å². The monoisotopic (exact) mass is 335 g/mol. The number of methoxy groups -OCH3 is 1. The molecule has 0 aliphatic carbocycles. The van der Waals surface area contributed by atoms with Crippen molar-refractivity contribution in [3.8, 4) is 0 Å². The predicted octanol–water partition coefficient (Wildman–Crippen LogP) is 0.318. The maximum absolute atomic E-state index is 12.2.